The van der Waals surface area contributed by atoms with E-state index in [1.807, 2.05) is 78.8 Å². The molecule has 309 valence electrons. The Kier molecular flexibility index (Phi) is 16.0. The molecule has 58 heavy (non-hydrogen) atoms. The Labute approximate surface area is 367 Å². The number of nitrogens with zero attached hydrogens (tertiary/aromatic N) is 2. The molecule has 1 atom stereocenters. The number of pyridine rings is 2. The van der Waals surface area contributed by atoms with Gasteiger partial charge in [-0.25, -0.2) is 0 Å². The van der Waals surface area contributed by atoms with Gasteiger partial charge in [-0.2, -0.15) is 0 Å². The maximum absolute atomic E-state index is 12.2. The molecule has 1 N–H and O–H groups in total. The van der Waals surface area contributed by atoms with Crippen LogP contribution in [-0.2, 0) is 24.9 Å². The summed E-state index contributed by atoms with van der Waals surface area (Å²) in [7, 11) is -1.48. The van der Waals surface area contributed by atoms with E-state index in [0.717, 1.165) is 84.7 Å². The van der Waals surface area contributed by atoms with Crippen LogP contribution in [0.4, 0.5) is 4.39 Å². The van der Waals surface area contributed by atoms with Crippen molar-refractivity contribution in [2.45, 2.75) is 101 Å². The van der Waals surface area contributed by atoms with Crippen LogP contribution in [0.1, 0.15) is 79.8 Å². The second-order valence-corrected chi connectivity index (χ2v) is 21.1. The minimum atomic E-state index is -1.48. The number of ketones is 1. The third-order valence-corrected chi connectivity index (χ3v) is 12.2. The standard InChI is InChI=1S/C20H22NSi.C18H16N.C13H23FO2.Ir/c1-14-10-15(2)12-17(11-14)20-19-7-6-18(22(3,4)5)13-16(19)8-9-21-20;1-12-4-5-17-15(9-12)6-7-19-18(17)16-10-13(2)8-14(3)11-16;1-4-10(5-2)12(15)9-13(16)11(6-3)7-8-14;/h6-11,13H,1-5H3;4-10H,1-3H3;9-11,16H,4-8H2,1-3H3;/q2*-1;;/b;;13-9-;/i8D,9D;6D,7D;;. The summed E-state index contributed by atoms with van der Waals surface area (Å²) in [6, 6.07) is 27.5. The molecule has 6 aromatic rings. The van der Waals surface area contributed by atoms with Crippen LogP contribution in [0.3, 0.4) is 0 Å². The number of allylic oxidation sites excluding steroid dienone is 2. The molecule has 4 aromatic carbocycles. The molecule has 1 unspecified atom stereocenters. The molecular formula is C51H61FIrN2O2Si-2. The van der Waals surface area contributed by atoms with Crippen LogP contribution in [0, 0.1) is 58.6 Å². The number of carbonyl (C=O) groups is 1. The minimum Gasteiger partial charge on any atom is -0.512 e. The number of aryl methyl sites for hydroxylation is 5. The summed E-state index contributed by atoms with van der Waals surface area (Å²) in [5.74, 6) is -0.245. The van der Waals surface area contributed by atoms with Crippen molar-refractivity contribution in [1.29, 1.82) is 0 Å². The maximum atomic E-state index is 12.2. The molecule has 2 heterocycles. The maximum Gasteiger partial charge on any atom is 0.162 e. The number of halogens is 1. The van der Waals surface area contributed by atoms with Crippen molar-refractivity contribution in [1.82, 2.24) is 9.97 Å². The summed E-state index contributed by atoms with van der Waals surface area (Å²) in [6.45, 7) is 22.3. The van der Waals surface area contributed by atoms with Gasteiger partial charge in [-0.1, -0.05) is 115 Å². The summed E-state index contributed by atoms with van der Waals surface area (Å²) in [6.07, 6.45) is 3.82. The Morgan fingerprint density at radius 1 is 0.741 bits per heavy atom. The zero-order chi connectivity index (χ0) is 45.3. The number of fused-ring (bicyclic) bond motifs is 2. The van der Waals surface area contributed by atoms with Gasteiger partial charge < -0.3 is 15.1 Å². The van der Waals surface area contributed by atoms with Gasteiger partial charge in [-0.3, -0.25) is 9.18 Å². The van der Waals surface area contributed by atoms with Gasteiger partial charge in [0.1, 0.15) is 0 Å². The molecule has 7 heteroatoms. The topological polar surface area (TPSA) is 63.1 Å². The van der Waals surface area contributed by atoms with E-state index < -0.39 is 14.7 Å². The fraction of sp³-hybridized carbons (Fsp3) is 0.353. The van der Waals surface area contributed by atoms with E-state index in [4.69, 9.17) is 5.48 Å². The number of alkyl halides is 1. The molecule has 6 rings (SSSR count). The summed E-state index contributed by atoms with van der Waals surface area (Å²) >= 11 is 0. The quantitative estimate of drug-likeness (QED) is 0.0608. The Hall–Kier alpha value is -4.29. The zero-order valence-corrected chi connectivity index (χ0v) is 39.4. The van der Waals surface area contributed by atoms with Crippen LogP contribution in [0.2, 0.25) is 19.6 Å². The SMILES string of the molecule is CCC(CC)C(=O)/C=C(\O)C(CC)CCF.[2H]c1nc(-c2[c-]c(C)cc(C)c2)c2ccc(C)cc2c1[2H].[2H]c1nc(-c2[c-]c(C)cc(C)c2)c2ccc([Si](C)(C)C)cc2c1[2H].[Ir]. The summed E-state index contributed by atoms with van der Waals surface area (Å²) in [4.78, 5) is 20.4. The van der Waals surface area contributed by atoms with Crippen LogP contribution in [0.5, 0.6) is 0 Å². The number of aromatic nitrogens is 2. The van der Waals surface area contributed by atoms with E-state index >= 15 is 0 Å². The van der Waals surface area contributed by atoms with Gasteiger partial charge in [-0.05, 0) is 77.6 Å². The van der Waals surface area contributed by atoms with Gasteiger partial charge in [0.25, 0.3) is 0 Å². The number of hydrogen-bond acceptors (Lipinski definition) is 4. The number of benzene rings is 4. The summed E-state index contributed by atoms with van der Waals surface area (Å²) in [5, 5.41) is 14.4. The summed E-state index contributed by atoms with van der Waals surface area (Å²) < 4.78 is 44.6. The normalized spacial score (nSPS) is 12.9. The molecule has 0 saturated carbocycles. The molecule has 0 aliphatic heterocycles. The van der Waals surface area contributed by atoms with Crippen LogP contribution in [-0.4, -0.2) is 35.6 Å². The second kappa shape index (κ2) is 22.2. The van der Waals surface area contributed by atoms with Gasteiger partial charge in [0.15, 0.2) is 5.78 Å². The fourth-order valence-corrected chi connectivity index (χ4v) is 8.08. The molecule has 0 aliphatic rings. The van der Waals surface area contributed by atoms with Crippen molar-refractivity contribution in [2.75, 3.05) is 6.67 Å². The molecule has 0 saturated heterocycles. The summed E-state index contributed by atoms with van der Waals surface area (Å²) in [5.41, 5.74) is 8.74. The first-order valence-corrected chi connectivity index (χ1v) is 23.5. The monoisotopic (exact) mass is 977 g/mol. The number of hydrogen-bond donors (Lipinski definition) is 1. The minimum absolute atomic E-state index is 0. The van der Waals surface area contributed by atoms with E-state index in [2.05, 4.69) is 79.0 Å². The Balaban J connectivity index is 0.000000251. The largest absolute Gasteiger partial charge is 0.512 e. The molecule has 0 fully saturated rings. The van der Waals surface area contributed by atoms with Gasteiger partial charge >= 0.3 is 0 Å². The molecule has 0 bridgehead atoms. The number of aliphatic hydroxyl groups excluding tert-OH is 1. The van der Waals surface area contributed by atoms with E-state index in [1.54, 1.807) is 0 Å². The zero-order valence-electron chi connectivity index (χ0n) is 40.0. The number of rotatable bonds is 11. The van der Waals surface area contributed by atoms with Crippen molar-refractivity contribution in [3.05, 3.63) is 137 Å². The van der Waals surface area contributed by atoms with Crippen LogP contribution < -0.4 is 5.19 Å². The predicted molar refractivity (Wildman–Crippen MR) is 243 cm³/mol. The Bertz CT molecular complexity index is 2510. The Morgan fingerprint density at radius 3 is 1.67 bits per heavy atom. The first-order valence-electron chi connectivity index (χ1n) is 22.0. The van der Waals surface area contributed by atoms with Crippen molar-refractivity contribution in [3.63, 3.8) is 0 Å². The van der Waals surface area contributed by atoms with Crippen LogP contribution in [0.15, 0.2) is 96.9 Å². The molecule has 0 spiro atoms. The van der Waals surface area contributed by atoms with Crippen molar-refractivity contribution < 1.29 is 39.9 Å². The van der Waals surface area contributed by atoms with Gasteiger partial charge in [0.2, 0.25) is 0 Å². The van der Waals surface area contributed by atoms with Gasteiger partial charge in [0.05, 0.1) is 26.0 Å². The van der Waals surface area contributed by atoms with Crippen LogP contribution >= 0.6 is 0 Å². The predicted octanol–water partition coefficient (Wildman–Crippen LogP) is 13.3. The fourth-order valence-electron chi connectivity index (χ4n) is 6.92. The van der Waals surface area contributed by atoms with Crippen molar-refractivity contribution in [2.24, 2.45) is 11.8 Å². The molecule has 1 radical (unpaired) electrons. The van der Waals surface area contributed by atoms with E-state index in [-0.39, 0.29) is 74.3 Å². The van der Waals surface area contributed by atoms with Crippen LogP contribution in [0.25, 0.3) is 44.1 Å². The van der Waals surface area contributed by atoms with Gasteiger partial charge in [-0.15, -0.1) is 69.8 Å². The molecule has 0 amide bonds. The van der Waals surface area contributed by atoms with Gasteiger partial charge in [0, 0.05) is 50.4 Å². The number of aliphatic hydroxyl groups is 1. The van der Waals surface area contributed by atoms with Crippen molar-refractivity contribution >= 4 is 40.6 Å². The first kappa shape index (κ1) is 41.9. The smallest absolute Gasteiger partial charge is 0.162 e. The van der Waals surface area contributed by atoms with E-state index in [0.29, 0.717) is 6.42 Å². The number of carbonyl (C=O) groups excluding carboxylic acids is 1. The average molecular weight is 977 g/mol. The van der Waals surface area contributed by atoms with E-state index in [1.165, 1.54) is 11.3 Å². The first-order chi connectivity index (χ1) is 28.7. The second-order valence-electron chi connectivity index (χ2n) is 16.0. The third kappa shape index (κ3) is 13.1. The van der Waals surface area contributed by atoms with Crippen molar-refractivity contribution in [3.8, 4) is 22.5 Å². The average Bonchev–Trinajstić information content (AvgIpc) is 3.19. The Morgan fingerprint density at radius 2 is 1.22 bits per heavy atom. The molecule has 0 aliphatic carbocycles. The molecule has 2 aromatic heterocycles. The molecule has 4 nitrogen and oxygen atoms in total. The molecular weight excluding hydrogens is 912 g/mol. The third-order valence-electron chi connectivity index (χ3n) is 10.1. The van der Waals surface area contributed by atoms with E-state index in [9.17, 15) is 14.3 Å².